The summed E-state index contributed by atoms with van der Waals surface area (Å²) in [5.41, 5.74) is 11.2. The van der Waals surface area contributed by atoms with Crippen LogP contribution >= 0.6 is 0 Å². The van der Waals surface area contributed by atoms with Crippen molar-refractivity contribution in [2.24, 2.45) is 76.2 Å². The highest BCUT2D eigenvalue weighted by Gasteiger charge is 2.74. The molecule has 1 aliphatic heterocycles. The van der Waals surface area contributed by atoms with Crippen LogP contribution in [-0.4, -0.2) is 18.4 Å². The lowest BCUT2D eigenvalue weighted by Gasteiger charge is -2.39. The van der Waals surface area contributed by atoms with Gasteiger partial charge in [-0.2, -0.15) is 0 Å². The number of benzene rings is 1. The van der Waals surface area contributed by atoms with E-state index in [1.54, 1.807) is 0 Å². The highest BCUT2D eigenvalue weighted by atomic mass is 16.1. The molecule has 3 heteroatoms. The second-order valence-corrected chi connectivity index (χ2v) is 14.8. The number of nitrogens with one attached hydrogen (secondary N) is 1. The summed E-state index contributed by atoms with van der Waals surface area (Å²) in [5, 5.41) is 4.07. The molecule has 0 unspecified atom stereocenters. The van der Waals surface area contributed by atoms with E-state index in [2.05, 4.69) is 55.2 Å². The molecule has 8 rings (SSSR count). The number of aldehydes is 1. The molecule has 1 heterocycles. The largest absolute Gasteiger partial charge is 0.382 e. The predicted octanol–water partition coefficient (Wildman–Crippen LogP) is 6.65. The zero-order valence-electron chi connectivity index (χ0n) is 23.1. The average molecular weight is 511 g/mol. The summed E-state index contributed by atoms with van der Waals surface area (Å²) in [7, 11) is 0. The number of para-hydroxylation sites is 1. The van der Waals surface area contributed by atoms with Gasteiger partial charge in [-0.25, -0.2) is 0 Å². The van der Waals surface area contributed by atoms with Gasteiger partial charge in [-0.15, -0.1) is 0 Å². The molecule has 6 aliphatic carbocycles. The Morgan fingerprint density at radius 2 is 1.84 bits per heavy atom. The molecule has 3 N–H and O–H groups in total. The lowest BCUT2D eigenvalue weighted by Crippen LogP contribution is -2.43. The molecule has 0 radical (unpaired) electrons. The van der Waals surface area contributed by atoms with E-state index in [9.17, 15) is 4.79 Å². The van der Waals surface area contributed by atoms with Crippen molar-refractivity contribution >= 4 is 12.0 Å². The third-order valence-electron chi connectivity index (χ3n) is 13.5. The summed E-state index contributed by atoms with van der Waals surface area (Å²) in [6.07, 6.45) is 17.9. The molecule has 1 aromatic carbocycles. The van der Waals surface area contributed by atoms with E-state index in [1.165, 1.54) is 68.2 Å². The van der Waals surface area contributed by atoms with Crippen molar-refractivity contribution in [1.29, 1.82) is 0 Å². The molecule has 0 amide bonds. The van der Waals surface area contributed by atoms with Gasteiger partial charge >= 0.3 is 0 Å². The molecule has 0 saturated heterocycles. The zero-order chi connectivity index (χ0) is 25.8. The topological polar surface area (TPSA) is 55.1 Å². The first-order chi connectivity index (χ1) is 18.5. The fourth-order valence-electron chi connectivity index (χ4n) is 12.1. The molecular weight excluding hydrogens is 464 g/mol. The van der Waals surface area contributed by atoms with Gasteiger partial charge in [-0.3, -0.25) is 0 Å². The SMILES string of the molecule is C=C1CC[C@H]2[C@H]([C@H]3C[C@H](C)C[C@H]13)[C@]2([C@H](N)C=O)[C@@H]1C=C[C@@H]2[C@H](C[C@H]3[C@H]2C[C@H]2CCc4ccccc4N[C@H]23)C1. The van der Waals surface area contributed by atoms with Gasteiger partial charge in [-0.05, 0) is 135 Å². The van der Waals surface area contributed by atoms with Crippen molar-refractivity contribution < 1.29 is 4.79 Å². The lowest BCUT2D eigenvalue weighted by atomic mass is 9.66. The molecule has 1 aromatic rings. The number of nitrogens with two attached hydrogens (primary N) is 1. The van der Waals surface area contributed by atoms with Gasteiger partial charge in [0.25, 0.3) is 0 Å². The van der Waals surface area contributed by atoms with Crippen LogP contribution < -0.4 is 11.1 Å². The normalized spacial score (nSPS) is 50.7. The molecule has 0 aromatic heterocycles. The summed E-state index contributed by atoms with van der Waals surface area (Å²) < 4.78 is 0. The maximum absolute atomic E-state index is 12.4. The Hall–Kier alpha value is -1.87. The molecule has 0 bridgehead atoms. The average Bonchev–Trinajstić information content (AvgIpc) is 3.15. The monoisotopic (exact) mass is 510 g/mol. The maximum atomic E-state index is 12.4. The number of fused-ring (bicyclic) bond motifs is 9. The first-order valence-electron chi connectivity index (χ1n) is 15.9. The van der Waals surface area contributed by atoms with E-state index < -0.39 is 0 Å². The van der Waals surface area contributed by atoms with E-state index in [1.807, 2.05) is 0 Å². The Kier molecular flexibility index (Phi) is 5.40. The smallest absolute Gasteiger partial charge is 0.137 e. The second kappa shape index (κ2) is 8.56. The van der Waals surface area contributed by atoms with Crippen LogP contribution in [0.15, 0.2) is 48.6 Å². The van der Waals surface area contributed by atoms with Gasteiger partial charge in [0, 0.05) is 17.1 Å². The van der Waals surface area contributed by atoms with Crippen molar-refractivity contribution in [2.75, 3.05) is 5.32 Å². The van der Waals surface area contributed by atoms with Gasteiger partial charge < -0.3 is 15.8 Å². The Morgan fingerprint density at radius 1 is 1.00 bits per heavy atom. The van der Waals surface area contributed by atoms with Crippen molar-refractivity contribution in [2.45, 2.75) is 76.8 Å². The lowest BCUT2D eigenvalue weighted by molar-refractivity contribution is -0.111. The molecule has 3 nitrogen and oxygen atoms in total. The number of carbonyl (C=O) groups is 1. The van der Waals surface area contributed by atoms with Gasteiger partial charge in [0.15, 0.2) is 0 Å². The van der Waals surface area contributed by atoms with E-state index in [4.69, 9.17) is 5.73 Å². The Bertz CT molecular complexity index is 1170. The van der Waals surface area contributed by atoms with E-state index >= 15 is 0 Å². The minimum atomic E-state index is -0.322. The van der Waals surface area contributed by atoms with Crippen LogP contribution in [0, 0.1) is 70.5 Å². The van der Waals surface area contributed by atoms with Gasteiger partial charge in [0.05, 0.1) is 6.04 Å². The summed E-state index contributed by atoms with van der Waals surface area (Å²) in [6.45, 7) is 6.97. The highest BCUT2D eigenvalue weighted by Crippen LogP contribution is 2.76. The Labute approximate surface area is 229 Å². The Morgan fingerprint density at radius 3 is 2.71 bits per heavy atom. The zero-order valence-corrected chi connectivity index (χ0v) is 23.1. The first kappa shape index (κ1) is 24.0. The second-order valence-electron chi connectivity index (χ2n) is 14.8. The third kappa shape index (κ3) is 3.20. The van der Waals surface area contributed by atoms with Crippen LogP contribution in [-0.2, 0) is 11.2 Å². The van der Waals surface area contributed by atoms with Crippen molar-refractivity contribution in [3.8, 4) is 0 Å². The molecule has 7 aliphatic rings. The molecule has 0 spiro atoms. The summed E-state index contributed by atoms with van der Waals surface area (Å²) in [5.74, 6) is 7.74. The van der Waals surface area contributed by atoms with E-state index in [0.29, 0.717) is 35.6 Å². The standard InChI is InChI=1S/C35H46N2O/c1-19-13-26-20(2)7-12-30-33(28(26)14-19)35(30,32(36)18-38)24-10-11-25-23(15-24)17-29-27(25)16-22-9-8-21-5-3-4-6-31(21)37-34(22)29/h3-6,10-11,18-19,22-30,32-34,37H,2,7-9,12-17,36H2,1H3/t19-,22-,23+,24-,25-,26-,27+,28+,29+,30+,32-,33+,34-,35-/m1/s1. The summed E-state index contributed by atoms with van der Waals surface area (Å²) in [4.78, 5) is 12.4. The number of anilines is 1. The number of hydrogen-bond acceptors (Lipinski definition) is 3. The molecule has 202 valence electrons. The predicted molar refractivity (Wildman–Crippen MR) is 153 cm³/mol. The van der Waals surface area contributed by atoms with Crippen LogP contribution in [0.3, 0.4) is 0 Å². The van der Waals surface area contributed by atoms with Gasteiger partial charge in [-0.1, -0.05) is 49.4 Å². The molecule has 5 saturated carbocycles. The van der Waals surface area contributed by atoms with Crippen molar-refractivity contribution in [1.82, 2.24) is 0 Å². The molecule has 5 fully saturated rings. The molecule has 14 atom stereocenters. The number of carbonyl (C=O) groups excluding carboxylic acids is 1. The quantitative estimate of drug-likeness (QED) is 0.354. The minimum Gasteiger partial charge on any atom is -0.382 e. The van der Waals surface area contributed by atoms with Gasteiger partial charge in [0.2, 0.25) is 0 Å². The minimum absolute atomic E-state index is 0.00333. The molecule has 38 heavy (non-hydrogen) atoms. The van der Waals surface area contributed by atoms with Crippen molar-refractivity contribution in [3.63, 3.8) is 0 Å². The Balaban J connectivity index is 1.07. The fraction of sp³-hybridized carbons (Fsp3) is 0.686. The number of allylic oxidation sites excluding steroid dienone is 3. The third-order valence-corrected chi connectivity index (χ3v) is 13.5. The summed E-state index contributed by atoms with van der Waals surface area (Å²) in [6, 6.07) is 9.32. The maximum Gasteiger partial charge on any atom is 0.137 e. The number of hydrogen-bond donors (Lipinski definition) is 2. The van der Waals surface area contributed by atoms with E-state index in [0.717, 1.165) is 48.2 Å². The highest BCUT2D eigenvalue weighted by molar-refractivity contribution is 5.62. The first-order valence-corrected chi connectivity index (χ1v) is 15.9. The van der Waals surface area contributed by atoms with Crippen LogP contribution in [0.25, 0.3) is 0 Å². The van der Waals surface area contributed by atoms with Crippen molar-refractivity contribution in [3.05, 3.63) is 54.1 Å². The fourth-order valence-corrected chi connectivity index (χ4v) is 12.1. The van der Waals surface area contributed by atoms with Crippen LogP contribution in [0.2, 0.25) is 0 Å². The number of aryl methyl sites for hydroxylation is 1. The van der Waals surface area contributed by atoms with Crippen LogP contribution in [0.4, 0.5) is 5.69 Å². The molecular formula is C35H46N2O. The van der Waals surface area contributed by atoms with Gasteiger partial charge in [0.1, 0.15) is 6.29 Å². The summed E-state index contributed by atoms with van der Waals surface area (Å²) >= 11 is 0. The van der Waals surface area contributed by atoms with E-state index in [-0.39, 0.29) is 11.5 Å². The van der Waals surface area contributed by atoms with Crippen LogP contribution in [0.5, 0.6) is 0 Å². The van der Waals surface area contributed by atoms with Crippen LogP contribution in [0.1, 0.15) is 63.9 Å². The number of rotatable bonds is 3.